The Hall–Kier alpha value is -1.03. The van der Waals surface area contributed by atoms with Crippen LogP contribution in [0.1, 0.15) is 18.5 Å². The van der Waals surface area contributed by atoms with Crippen molar-refractivity contribution in [1.82, 2.24) is 0 Å². The highest BCUT2D eigenvalue weighted by Crippen LogP contribution is 2.20. The molecule has 0 aliphatic rings. The molecule has 1 atom stereocenters. The maximum absolute atomic E-state index is 12.8. The molecule has 0 amide bonds. The van der Waals surface area contributed by atoms with Crippen molar-refractivity contribution < 1.29 is 13.2 Å². The maximum atomic E-state index is 12.8. The Morgan fingerprint density at radius 3 is 2.08 bits per heavy atom. The Balaban J connectivity index is 3.33. The number of hydrogen-bond donors (Lipinski definition) is 1. The molecule has 0 bridgehead atoms. The number of rotatable bonds is 1. The molecule has 2 N–H and O–H groups in total. The molecule has 66 valence electrons. The summed E-state index contributed by atoms with van der Waals surface area (Å²) in [4.78, 5) is 0. The van der Waals surface area contributed by atoms with Crippen molar-refractivity contribution in [2.75, 3.05) is 0 Å². The van der Waals surface area contributed by atoms with Crippen molar-refractivity contribution in [1.29, 1.82) is 0 Å². The molecule has 1 rings (SSSR count). The van der Waals surface area contributed by atoms with Gasteiger partial charge in [-0.2, -0.15) is 0 Å². The standard InChI is InChI=1S/C8H8F3N/c1-4(12)7-5(9)2-3-6(10)8(7)11/h2-4H,12H2,1H3/t4-/m0/s1. The molecule has 0 saturated heterocycles. The third kappa shape index (κ3) is 1.43. The lowest BCUT2D eigenvalue weighted by atomic mass is 10.1. The molecule has 0 heterocycles. The molecule has 4 heteroatoms. The maximum Gasteiger partial charge on any atom is 0.166 e. The highest BCUT2D eigenvalue weighted by Gasteiger charge is 2.16. The monoisotopic (exact) mass is 175 g/mol. The van der Waals surface area contributed by atoms with Crippen LogP contribution in [0.15, 0.2) is 12.1 Å². The topological polar surface area (TPSA) is 26.0 Å². The summed E-state index contributed by atoms with van der Waals surface area (Å²) in [6, 6.07) is 0.744. The zero-order chi connectivity index (χ0) is 9.30. The van der Waals surface area contributed by atoms with Crippen LogP contribution in [0.4, 0.5) is 13.2 Å². The fourth-order valence-electron chi connectivity index (χ4n) is 0.960. The third-order valence-electron chi connectivity index (χ3n) is 1.53. The molecular weight excluding hydrogens is 167 g/mol. The minimum Gasteiger partial charge on any atom is -0.324 e. The summed E-state index contributed by atoms with van der Waals surface area (Å²) in [7, 11) is 0. The van der Waals surface area contributed by atoms with Crippen LogP contribution >= 0.6 is 0 Å². The predicted molar refractivity (Wildman–Crippen MR) is 38.9 cm³/mol. The van der Waals surface area contributed by atoms with Gasteiger partial charge in [0.05, 0.1) is 0 Å². The number of nitrogens with two attached hydrogens (primary N) is 1. The van der Waals surface area contributed by atoms with Gasteiger partial charge in [-0.3, -0.25) is 0 Å². The number of halogens is 3. The average molecular weight is 175 g/mol. The lowest BCUT2D eigenvalue weighted by Gasteiger charge is -2.08. The van der Waals surface area contributed by atoms with E-state index >= 15 is 0 Å². The van der Waals surface area contributed by atoms with E-state index in [4.69, 9.17) is 5.73 Å². The van der Waals surface area contributed by atoms with E-state index in [-0.39, 0.29) is 0 Å². The molecule has 1 nitrogen and oxygen atoms in total. The van der Waals surface area contributed by atoms with Crippen LogP contribution in [0.3, 0.4) is 0 Å². The highest BCUT2D eigenvalue weighted by molar-refractivity contribution is 5.23. The van der Waals surface area contributed by atoms with Gasteiger partial charge in [0.1, 0.15) is 5.82 Å². The smallest absolute Gasteiger partial charge is 0.166 e. The van der Waals surface area contributed by atoms with Crippen molar-refractivity contribution in [3.63, 3.8) is 0 Å². The van der Waals surface area contributed by atoms with Crippen LogP contribution < -0.4 is 5.73 Å². The quantitative estimate of drug-likeness (QED) is 0.650. The Bertz CT molecular complexity index is 297. The predicted octanol–water partition coefficient (Wildman–Crippen LogP) is 2.12. The second-order valence-corrected chi connectivity index (χ2v) is 2.55. The lowest BCUT2D eigenvalue weighted by Crippen LogP contribution is -2.11. The molecule has 1 aromatic carbocycles. The molecule has 0 spiro atoms. The van der Waals surface area contributed by atoms with E-state index in [2.05, 4.69) is 0 Å². The van der Waals surface area contributed by atoms with Crippen LogP contribution in [-0.4, -0.2) is 0 Å². The van der Waals surface area contributed by atoms with Crippen LogP contribution in [-0.2, 0) is 0 Å². The van der Waals surface area contributed by atoms with Crippen LogP contribution in [0.5, 0.6) is 0 Å². The Kier molecular flexibility index (Phi) is 2.38. The Morgan fingerprint density at radius 1 is 1.17 bits per heavy atom. The van der Waals surface area contributed by atoms with Crippen molar-refractivity contribution in [3.8, 4) is 0 Å². The zero-order valence-electron chi connectivity index (χ0n) is 6.44. The van der Waals surface area contributed by atoms with Gasteiger partial charge < -0.3 is 5.73 Å². The van der Waals surface area contributed by atoms with E-state index in [0.717, 1.165) is 12.1 Å². The summed E-state index contributed by atoms with van der Waals surface area (Å²) >= 11 is 0. The van der Waals surface area contributed by atoms with Gasteiger partial charge in [0, 0.05) is 11.6 Å². The fourth-order valence-corrected chi connectivity index (χ4v) is 0.960. The van der Waals surface area contributed by atoms with E-state index in [0.29, 0.717) is 0 Å². The molecule has 0 radical (unpaired) electrons. The van der Waals surface area contributed by atoms with Gasteiger partial charge in [-0.05, 0) is 19.1 Å². The fraction of sp³-hybridized carbons (Fsp3) is 0.250. The Labute approximate surface area is 68.0 Å². The first-order chi connectivity index (χ1) is 5.54. The van der Waals surface area contributed by atoms with Crippen molar-refractivity contribution >= 4 is 0 Å². The molecule has 0 fully saturated rings. The summed E-state index contributed by atoms with van der Waals surface area (Å²) in [6.07, 6.45) is 0. The van der Waals surface area contributed by atoms with Crippen molar-refractivity contribution in [2.45, 2.75) is 13.0 Å². The molecule has 0 saturated carbocycles. The van der Waals surface area contributed by atoms with Crippen LogP contribution in [0, 0.1) is 17.5 Å². The number of hydrogen-bond acceptors (Lipinski definition) is 1. The van der Waals surface area contributed by atoms with Crippen LogP contribution in [0.2, 0.25) is 0 Å². The summed E-state index contributed by atoms with van der Waals surface area (Å²) in [5, 5.41) is 0. The third-order valence-corrected chi connectivity index (χ3v) is 1.53. The summed E-state index contributed by atoms with van der Waals surface area (Å²) in [5.41, 5.74) is 4.83. The Morgan fingerprint density at radius 2 is 1.67 bits per heavy atom. The van der Waals surface area contributed by atoms with Crippen molar-refractivity contribution in [2.24, 2.45) is 5.73 Å². The first-order valence-corrected chi connectivity index (χ1v) is 3.43. The van der Waals surface area contributed by atoms with Gasteiger partial charge in [-0.1, -0.05) is 0 Å². The minimum atomic E-state index is -1.20. The molecule has 1 aromatic rings. The SMILES string of the molecule is C[C@H](N)c1c(F)ccc(F)c1F. The van der Waals surface area contributed by atoms with Gasteiger partial charge in [0.25, 0.3) is 0 Å². The van der Waals surface area contributed by atoms with E-state index in [1.165, 1.54) is 6.92 Å². The molecule has 0 aliphatic heterocycles. The largest absolute Gasteiger partial charge is 0.324 e. The summed E-state index contributed by atoms with van der Waals surface area (Å²) in [5.74, 6) is -3.10. The highest BCUT2D eigenvalue weighted by atomic mass is 19.2. The normalized spacial score (nSPS) is 13.1. The summed E-state index contributed by atoms with van der Waals surface area (Å²) in [6.45, 7) is 1.39. The van der Waals surface area contributed by atoms with Gasteiger partial charge in [-0.25, -0.2) is 13.2 Å². The zero-order valence-corrected chi connectivity index (χ0v) is 6.44. The molecule has 12 heavy (non-hydrogen) atoms. The van der Waals surface area contributed by atoms with Gasteiger partial charge in [0.2, 0.25) is 0 Å². The van der Waals surface area contributed by atoms with E-state index in [1.54, 1.807) is 0 Å². The van der Waals surface area contributed by atoms with Gasteiger partial charge >= 0.3 is 0 Å². The second-order valence-electron chi connectivity index (χ2n) is 2.55. The van der Waals surface area contributed by atoms with Gasteiger partial charge in [-0.15, -0.1) is 0 Å². The van der Waals surface area contributed by atoms with E-state index in [9.17, 15) is 13.2 Å². The lowest BCUT2D eigenvalue weighted by molar-refractivity contribution is 0.470. The van der Waals surface area contributed by atoms with E-state index < -0.39 is 29.1 Å². The number of benzene rings is 1. The average Bonchev–Trinajstić information content (AvgIpc) is 1.97. The molecule has 0 unspecified atom stereocenters. The second kappa shape index (κ2) is 3.15. The summed E-state index contributed by atoms with van der Waals surface area (Å²) < 4.78 is 38.1. The van der Waals surface area contributed by atoms with Crippen molar-refractivity contribution in [3.05, 3.63) is 35.1 Å². The minimum absolute atomic E-state index is 0.407. The van der Waals surface area contributed by atoms with Gasteiger partial charge in [0.15, 0.2) is 11.6 Å². The first kappa shape index (κ1) is 9.06. The molecular formula is C8H8F3N. The first-order valence-electron chi connectivity index (χ1n) is 3.43. The molecule has 0 aromatic heterocycles. The van der Waals surface area contributed by atoms with E-state index in [1.807, 2.05) is 0 Å². The van der Waals surface area contributed by atoms with Crippen LogP contribution in [0.25, 0.3) is 0 Å². The molecule has 0 aliphatic carbocycles.